The lowest BCUT2D eigenvalue weighted by molar-refractivity contribution is -0.122. The molecular weight excluding hydrogens is 499 g/mol. The summed E-state index contributed by atoms with van der Waals surface area (Å²) < 4.78 is 24.8. The molecule has 0 aromatic heterocycles. The third kappa shape index (κ3) is 4.99. The first-order valence-electron chi connectivity index (χ1n) is 13.9. The molecule has 39 heavy (non-hydrogen) atoms. The van der Waals surface area contributed by atoms with Crippen LogP contribution in [0.25, 0.3) is 0 Å². The molecule has 1 N–H and O–H groups in total. The summed E-state index contributed by atoms with van der Waals surface area (Å²) >= 11 is 0. The average molecular weight is 540 g/mol. The van der Waals surface area contributed by atoms with Crippen LogP contribution in [0.1, 0.15) is 80.2 Å². The molecule has 0 aliphatic carbocycles. The Bertz CT molecular complexity index is 1190. The SMILES string of the molecule is CC1CN(C(=O)OC(C)(C)C)CCC1c1cc2c(cc1B1OC(C)(C)C(C)(C)O1)OCC1=NNC(=O)C(C)N12. The number of anilines is 1. The van der Waals surface area contributed by atoms with E-state index >= 15 is 0 Å². The minimum absolute atomic E-state index is 0.124. The number of carbonyl (C=O) groups is 2. The number of ether oxygens (including phenoxy) is 2. The summed E-state index contributed by atoms with van der Waals surface area (Å²) in [5, 5.41) is 4.25. The molecule has 0 bridgehead atoms. The molecule has 0 spiro atoms. The van der Waals surface area contributed by atoms with Crippen molar-refractivity contribution >= 4 is 36.1 Å². The fraction of sp³-hybridized carbons (Fsp3) is 0.679. The fourth-order valence-corrected chi connectivity index (χ4v) is 5.70. The summed E-state index contributed by atoms with van der Waals surface area (Å²) in [4.78, 5) is 29.1. The second-order valence-electron chi connectivity index (χ2n) is 13.2. The quantitative estimate of drug-likeness (QED) is 0.574. The maximum absolute atomic E-state index is 12.8. The van der Waals surface area contributed by atoms with E-state index in [2.05, 4.69) is 23.5 Å². The van der Waals surface area contributed by atoms with E-state index in [-0.39, 0.29) is 30.4 Å². The summed E-state index contributed by atoms with van der Waals surface area (Å²) in [6.07, 6.45) is 0.468. The molecule has 2 fully saturated rings. The van der Waals surface area contributed by atoms with Crippen LogP contribution in [-0.2, 0) is 18.8 Å². The Hall–Kier alpha value is -2.79. The first-order valence-corrected chi connectivity index (χ1v) is 13.9. The molecule has 4 aliphatic rings. The molecule has 0 saturated carbocycles. The van der Waals surface area contributed by atoms with Gasteiger partial charge in [0, 0.05) is 13.1 Å². The van der Waals surface area contributed by atoms with Crippen LogP contribution < -0.4 is 20.5 Å². The number of rotatable bonds is 2. The van der Waals surface area contributed by atoms with E-state index < -0.39 is 30.0 Å². The van der Waals surface area contributed by atoms with Crippen molar-refractivity contribution in [2.75, 3.05) is 24.6 Å². The third-order valence-electron chi connectivity index (χ3n) is 8.58. The third-order valence-corrected chi connectivity index (χ3v) is 8.58. The lowest BCUT2D eigenvalue weighted by Gasteiger charge is -2.41. The van der Waals surface area contributed by atoms with Gasteiger partial charge in [0.1, 0.15) is 24.0 Å². The Balaban J connectivity index is 1.54. The highest BCUT2D eigenvalue weighted by molar-refractivity contribution is 6.62. The molecule has 1 aromatic carbocycles. The molecular formula is C28H41BN4O6. The molecule has 3 unspecified atom stereocenters. The summed E-state index contributed by atoms with van der Waals surface area (Å²) in [6, 6.07) is 3.70. The molecule has 1 aromatic rings. The van der Waals surface area contributed by atoms with E-state index in [1.54, 1.807) is 4.90 Å². The van der Waals surface area contributed by atoms with Gasteiger partial charge in [0.25, 0.3) is 5.91 Å². The van der Waals surface area contributed by atoms with Gasteiger partial charge in [-0.2, -0.15) is 5.10 Å². The first-order chi connectivity index (χ1) is 18.1. The van der Waals surface area contributed by atoms with Gasteiger partial charge in [-0.15, -0.1) is 0 Å². The zero-order chi connectivity index (χ0) is 28.5. The molecule has 0 radical (unpaired) electrons. The van der Waals surface area contributed by atoms with Crippen molar-refractivity contribution in [3.63, 3.8) is 0 Å². The molecule has 4 heterocycles. The average Bonchev–Trinajstić information content (AvgIpc) is 3.05. The van der Waals surface area contributed by atoms with Crippen LogP contribution in [0, 0.1) is 5.92 Å². The number of hydrogen-bond acceptors (Lipinski definition) is 8. The van der Waals surface area contributed by atoms with Crippen LogP contribution >= 0.6 is 0 Å². The van der Waals surface area contributed by atoms with Crippen molar-refractivity contribution in [1.82, 2.24) is 10.3 Å². The summed E-state index contributed by atoms with van der Waals surface area (Å²) in [5.74, 6) is 1.44. The van der Waals surface area contributed by atoms with Gasteiger partial charge in [0.15, 0.2) is 5.84 Å². The summed E-state index contributed by atoms with van der Waals surface area (Å²) in [7, 11) is -0.577. The van der Waals surface area contributed by atoms with E-state index in [1.807, 2.05) is 66.4 Å². The normalized spacial score (nSPS) is 27.7. The Kier molecular flexibility index (Phi) is 6.69. The Labute approximate surface area is 231 Å². The summed E-state index contributed by atoms with van der Waals surface area (Å²) in [6.45, 7) is 19.2. The summed E-state index contributed by atoms with van der Waals surface area (Å²) in [5.41, 5.74) is 3.84. The van der Waals surface area contributed by atoms with Crippen molar-refractivity contribution in [2.45, 2.75) is 97.5 Å². The minimum Gasteiger partial charge on any atom is -0.483 e. The Morgan fingerprint density at radius 1 is 1.15 bits per heavy atom. The predicted molar refractivity (Wildman–Crippen MR) is 150 cm³/mol. The first kappa shape index (κ1) is 27.8. The lowest BCUT2D eigenvalue weighted by Crippen LogP contribution is -2.55. The predicted octanol–water partition coefficient (Wildman–Crippen LogP) is 3.38. The molecule has 11 heteroatoms. The maximum Gasteiger partial charge on any atom is 0.495 e. The van der Waals surface area contributed by atoms with E-state index in [1.165, 1.54) is 0 Å². The van der Waals surface area contributed by atoms with Gasteiger partial charge >= 0.3 is 13.2 Å². The maximum atomic E-state index is 12.8. The zero-order valence-corrected chi connectivity index (χ0v) is 24.6. The smallest absolute Gasteiger partial charge is 0.483 e. The monoisotopic (exact) mass is 540 g/mol. The second-order valence-corrected chi connectivity index (χ2v) is 13.2. The number of hydrogen-bond donors (Lipinski definition) is 1. The van der Waals surface area contributed by atoms with Gasteiger partial charge in [-0.05, 0) is 96.8 Å². The highest BCUT2D eigenvalue weighted by Gasteiger charge is 2.53. The van der Waals surface area contributed by atoms with Crippen LogP contribution in [0.5, 0.6) is 5.75 Å². The zero-order valence-electron chi connectivity index (χ0n) is 24.6. The number of piperidine rings is 1. The van der Waals surface area contributed by atoms with Crippen molar-refractivity contribution < 1.29 is 28.4 Å². The molecule has 4 aliphatic heterocycles. The van der Waals surface area contributed by atoms with E-state index in [9.17, 15) is 9.59 Å². The van der Waals surface area contributed by atoms with Crippen molar-refractivity contribution in [2.24, 2.45) is 11.0 Å². The topological polar surface area (TPSA) is 102 Å². The number of benzene rings is 1. The van der Waals surface area contributed by atoms with Crippen LogP contribution in [-0.4, -0.2) is 72.4 Å². The molecule has 2 saturated heterocycles. The van der Waals surface area contributed by atoms with E-state index in [0.717, 1.165) is 23.1 Å². The fourth-order valence-electron chi connectivity index (χ4n) is 5.70. The van der Waals surface area contributed by atoms with E-state index in [0.29, 0.717) is 24.7 Å². The van der Waals surface area contributed by atoms with Crippen LogP contribution in [0.4, 0.5) is 10.5 Å². The highest BCUT2D eigenvalue weighted by Crippen LogP contribution is 2.43. The van der Waals surface area contributed by atoms with Gasteiger partial charge in [-0.3, -0.25) is 4.79 Å². The highest BCUT2D eigenvalue weighted by atomic mass is 16.7. The number of amidine groups is 1. The van der Waals surface area contributed by atoms with Gasteiger partial charge in [-0.25, -0.2) is 10.2 Å². The number of nitrogens with zero attached hydrogens (tertiary/aromatic N) is 3. The number of amides is 2. The largest absolute Gasteiger partial charge is 0.495 e. The minimum atomic E-state index is -0.577. The molecule has 3 atom stereocenters. The molecule has 10 nitrogen and oxygen atoms in total. The van der Waals surface area contributed by atoms with Crippen LogP contribution in [0.2, 0.25) is 0 Å². The van der Waals surface area contributed by atoms with Gasteiger partial charge in [0.2, 0.25) is 0 Å². The van der Waals surface area contributed by atoms with Crippen LogP contribution in [0.3, 0.4) is 0 Å². The standard InChI is InChI=1S/C28H41BN4O6/c1-16-14-32(25(35)37-26(3,4)5)11-10-18(16)19-12-21-22(36-15-23-30-31-24(34)17(2)33(21)23)13-20(19)29-38-27(6,7)28(8,9)39-29/h12-13,16-18H,10-11,14-15H2,1-9H3,(H,31,34). The molecule has 5 rings (SSSR count). The Morgan fingerprint density at radius 3 is 2.44 bits per heavy atom. The number of hydrazone groups is 1. The van der Waals surface area contributed by atoms with Gasteiger partial charge in [-0.1, -0.05) is 6.92 Å². The van der Waals surface area contributed by atoms with Gasteiger partial charge < -0.3 is 28.6 Å². The van der Waals surface area contributed by atoms with E-state index in [4.69, 9.17) is 18.8 Å². The number of fused-ring (bicyclic) bond motifs is 3. The lowest BCUT2D eigenvalue weighted by atomic mass is 9.69. The number of carbonyl (C=O) groups excluding carboxylic acids is 2. The van der Waals surface area contributed by atoms with Crippen molar-refractivity contribution in [3.05, 3.63) is 17.7 Å². The van der Waals surface area contributed by atoms with Crippen LogP contribution in [0.15, 0.2) is 17.2 Å². The molecule has 212 valence electrons. The number of nitrogens with one attached hydrogen (secondary N) is 1. The Morgan fingerprint density at radius 2 is 1.82 bits per heavy atom. The van der Waals surface area contributed by atoms with Crippen molar-refractivity contribution in [1.29, 1.82) is 0 Å². The second kappa shape index (κ2) is 9.40. The van der Waals surface area contributed by atoms with Gasteiger partial charge in [0.05, 0.1) is 16.9 Å². The number of likely N-dealkylation sites (tertiary alicyclic amines) is 1. The molecule has 2 amide bonds. The van der Waals surface area contributed by atoms with Crippen molar-refractivity contribution in [3.8, 4) is 5.75 Å².